The maximum Gasteiger partial charge on any atom is 0.307 e. The Labute approximate surface area is 173 Å². The number of nitrogens with zero attached hydrogens (tertiary/aromatic N) is 2. The van der Waals surface area contributed by atoms with Crippen molar-refractivity contribution < 1.29 is 19.1 Å². The van der Waals surface area contributed by atoms with E-state index in [9.17, 15) is 14.4 Å². The third kappa shape index (κ3) is 4.24. The van der Waals surface area contributed by atoms with Gasteiger partial charge >= 0.3 is 5.97 Å². The average Bonchev–Trinajstić information content (AvgIpc) is 3.30. The number of rotatable bonds is 6. The minimum Gasteiger partial charge on any atom is -0.459 e. The number of fused-ring (bicyclic) bond motifs is 1. The second-order valence-electron chi connectivity index (χ2n) is 7.75. The molecule has 1 saturated heterocycles. The van der Waals surface area contributed by atoms with Crippen LogP contribution in [0.15, 0.2) is 29.6 Å². The van der Waals surface area contributed by atoms with Crippen LogP contribution in [-0.4, -0.2) is 34.2 Å². The number of benzene rings is 1. The fraction of sp³-hybridized carbons (Fsp3) is 0.455. The molecule has 6 nitrogen and oxygen atoms in total. The molecule has 152 valence electrons. The highest BCUT2D eigenvalue weighted by Crippen LogP contribution is 2.38. The first kappa shape index (κ1) is 19.8. The van der Waals surface area contributed by atoms with Gasteiger partial charge in [0.05, 0.1) is 24.0 Å². The molecule has 4 rings (SSSR count). The summed E-state index contributed by atoms with van der Waals surface area (Å²) in [6, 6.07) is 8.11. The lowest BCUT2D eigenvalue weighted by atomic mass is 9.81. The van der Waals surface area contributed by atoms with Crippen LogP contribution in [-0.2, 0) is 25.7 Å². The van der Waals surface area contributed by atoms with Crippen LogP contribution in [0.5, 0.6) is 0 Å². The van der Waals surface area contributed by atoms with Gasteiger partial charge < -0.3 is 4.74 Å². The molecule has 0 spiro atoms. The van der Waals surface area contributed by atoms with E-state index in [1.165, 1.54) is 21.8 Å². The lowest BCUT2D eigenvalue weighted by Gasteiger charge is -2.19. The minimum atomic E-state index is -0.426. The van der Waals surface area contributed by atoms with Gasteiger partial charge in [-0.25, -0.2) is 4.98 Å². The number of imide groups is 1. The lowest BCUT2D eigenvalue weighted by molar-refractivity contribution is -0.146. The first-order chi connectivity index (χ1) is 14.0. The van der Waals surface area contributed by atoms with Crippen molar-refractivity contribution in [2.45, 2.75) is 45.6 Å². The summed E-state index contributed by atoms with van der Waals surface area (Å²) >= 11 is 1.51. The van der Waals surface area contributed by atoms with E-state index in [4.69, 9.17) is 4.74 Å². The molecule has 0 N–H and O–H groups in total. The van der Waals surface area contributed by atoms with Crippen molar-refractivity contribution in [1.29, 1.82) is 0 Å². The van der Waals surface area contributed by atoms with E-state index < -0.39 is 5.97 Å². The zero-order valence-electron chi connectivity index (χ0n) is 16.4. The van der Waals surface area contributed by atoms with Crippen molar-refractivity contribution in [3.05, 3.63) is 40.9 Å². The van der Waals surface area contributed by atoms with Crippen LogP contribution in [0.4, 0.5) is 0 Å². The molecule has 1 saturated carbocycles. The zero-order valence-corrected chi connectivity index (χ0v) is 17.2. The largest absolute Gasteiger partial charge is 0.459 e. The Morgan fingerprint density at radius 1 is 1.14 bits per heavy atom. The third-order valence-corrected chi connectivity index (χ3v) is 6.64. The number of ether oxygens (including phenoxy) is 1. The molecule has 2 amide bonds. The Hall–Kier alpha value is -2.54. The molecule has 0 bridgehead atoms. The van der Waals surface area contributed by atoms with Crippen LogP contribution < -0.4 is 0 Å². The summed E-state index contributed by atoms with van der Waals surface area (Å²) in [6.45, 7) is 2.23. The zero-order chi connectivity index (χ0) is 20.4. The van der Waals surface area contributed by atoms with Gasteiger partial charge in [-0.1, -0.05) is 42.7 Å². The standard InChI is InChI=1S/C22H24N2O4S/c1-14-6-8-15(9-7-14)20-23-16(13-29-20)12-28-19(25)10-11-24-21(26)17-4-2-3-5-18(17)22(24)27/h6-9,13,17-18H,2-5,10-12H2,1H3/t17-,18-/m1/s1. The number of carbonyl (C=O) groups is 3. The van der Waals surface area contributed by atoms with Gasteiger partial charge in [0.25, 0.3) is 0 Å². The number of amides is 2. The molecule has 29 heavy (non-hydrogen) atoms. The maximum atomic E-state index is 12.4. The maximum absolute atomic E-state index is 12.4. The molecule has 1 aromatic carbocycles. The number of hydrogen-bond donors (Lipinski definition) is 0. The van der Waals surface area contributed by atoms with Gasteiger partial charge in [-0.2, -0.15) is 0 Å². The molecule has 7 heteroatoms. The van der Waals surface area contributed by atoms with Gasteiger partial charge in [0.1, 0.15) is 11.6 Å². The number of hydrogen-bond acceptors (Lipinski definition) is 6. The van der Waals surface area contributed by atoms with E-state index in [0.29, 0.717) is 5.69 Å². The molecule has 2 heterocycles. The van der Waals surface area contributed by atoms with Gasteiger partial charge in [0.2, 0.25) is 11.8 Å². The highest BCUT2D eigenvalue weighted by molar-refractivity contribution is 7.13. The van der Waals surface area contributed by atoms with E-state index in [1.54, 1.807) is 0 Å². The van der Waals surface area contributed by atoms with Gasteiger partial charge in [0, 0.05) is 17.5 Å². The van der Waals surface area contributed by atoms with E-state index in [2.05, 4.69) is 4.98 Å². The van der Waals surface area contributed by atoms with Crippen LogP contribution in [0, 0.1) is 18.8 Å². The summed E-state index contributed by atoms with van der Waals surface area (Å²) in [4.78, 5) is 42.8. The van der Waals surface area contributed by atoms with Crippen molar-refractivity contribution in [3.63, 3.8) is 0 Å². The highest BCUT2D eigenvalue weighted by Gasteiger charge is 2.47. The van der Waals surface area contributed by atoms with Gasteiger partial charge in [-0.05, 0) is 19.8 Å². The van der Waals surface area contributed by atoms with Crippen molar-refractivity contribution in [2.24, 2.45) is 11.8 Å². The first-order valence-corrected chi connectivity index (χ1v) is 10.9. The molecule has 2 atom stereocenters. The molecular formula is C22H24N2O4S. The number of carbonyl (C=O) groups excluding carboxylic acids is 3. The second kappa shape index (κ2) is 8.45. The Balaban J connectivity index is 1.27. The van der Waals surface area contributed by atoms with E-state index in [0.717, 1.165) is 36.3 Å². The van der Waals surface area contributed by atoms with Crippen LogP contribution in [0.3, 0.4) is 0 Å². The lowest BCUT2D eigenvalue weighted by Crippen LogP contribution is -2.33. The first-order valence-electron chi connectivity index (χ1n) is 10.0. The summed E-state index contributed by atoms with van der Waals surface area (Å²) in [5, 5.41) is 2.76. The number of esters is 1. The van der Waals surface area contributed by atoms with Gasteiger partial charge in [-0.3, -0.25) is 19.3 Å². The van der Waals surface area contributed by atoms with Crippen LogP contribution in [0.2, 0.25) is 0 Å². The van der Waals surface area contributed by atoms with Gasteiger partial charge in [0.15, 0.2) is 0 Å². The van der Waals surface area contributed by atoms with Gasteiger partial charge in [-0.15, -0.1) is 11.3 Å². The quantitative estimate of drug-likeness (QED) is 0.534. The Kier molecular flexibility index (Phi) is 5.76. The molecule has 1 aliphatic heterocycles. The molecule has 2 aromatic rings. The molecular weight excluding hydrogens is 388 g/mol. The van der Waals surface area contributed by atoms with Crippen LogP contribution in [0.25, 0.3) is 10.6 Å². The summed E-state index contributed by atoms with van der Waals surface area (Å²) in [5.74, 6) is -1.01. The molecule has 2 aliphatic rings. The SMILES string of the molecule is Cc1ccc(-c2nc(COC(=O)CCN3C(=O)[C@@H]4CCCC[C@H]4C3=O)cs2)cc1. The molecule has 0 radical (unpaired) electrons. The Morgan fingerprint density at radius 3 is 2.45 bits per heavy atom. The average molecular weight is 413 g/mol. The van der Waals surface area contributed by atoms with E-state index in [1.807, 2.05) is 36.6 Å². The van der Waals surface area contributed by atoms with Crippen molar-refractivity contribution >= 4 is 29.1 Å². The van der Waals surface area contributed by atoms with E-state index >= 15 is 0 Å². The number of thiazole rings is 1. The topological polar surface area (TPSA) is 76.6 Å². The third-order valence-electron chi connectivity index (χ3n) is 5.70. The summed E-state index contributed by atoms with van der Waals surface area (Å²) in [6.07, 6.45) is 3.57. The van der Waals surface area contributed by atoms with Crippen molar-refractivity contribution in [3.8, 4) is 10.6 Å². The smallest absolute Gasteiger partial charge is 0.307 e. The van der Waals surface area contributed by atoms with E-state index in [-0.39, 0.29) is 43.2 Å². The summed E-state index contributed by atoms with van der Waals surface area (Å²) < 4.78 is 5.30. The number of aryl methyl sites for hydroxylation is 1. The van der Waals surface area contributed by atoms with Crippen LogP contribution in [0.1, 0.15) is 43.4 Å². The Morgan fingerprint density at radius 2 is 1.79 bits per heavy atom. The van der Waals surface area contributed by atoms with Crippen molar-refractivity contribution in [1.82, 2.24) is 9.88 Å². The second-order valence-corrected chi connectivity index (χ2v) is 8.60. The predicted molar refractivity (Wildman–Crippen MR) is 109 cm³/mol. The fourth-order valence-corrected chi connectivity index (χ4v) is 4.89. The fourth-order valence-electron chi connectivity index (χ4n) is 4.08. The Bertz CT molecular complexity index is 897. The minimum absolute atomic E-state index is 0.0197. The number of likely N-dealkylation sites (tertiary alicyclic amines) is 1. The highest BCUT2D eigenvalue weighted by atomic mass is 32.1. The number of aromatic nitrogens is 1. The summed E-state index contributed by atoms with van der Waals surface area (Å²) in [7, 11) is 0. The monoisotopic (exact) mass is 412 g/mol. The van der Waals surface area contributed by atoms with Crippen molar-refractivity contribution in [2.75, 3.05) is 6.54 Å². The molecule has 1 aliphatic carbocycles. The molecule has 1 aromatic heterocycles. The molecule has 0 unspecified atom stereocenters. The molecule has 2 fully saturated rings. The predicted octanol–water partition coefficient (Wildman–Crippen LogP) is 3.73. The van der Waals surface area contributed by atoms with Crippen LogP contribution >= 0.6 is 11.3 Å². The normalized spacial score (nSPS) is 21.3. The summed E-state index contributed by atoms with van der Waals surface area (Å²) in [5.41, 5.74) is 2.91.